The van der Waals surface area contributed by atoms with Crippen LogP contribution in [0.1, 0.15) is 37.3 Å². The first-order valence-corrected chi connectivity index (χ1v) is 9.12. The fourth-order valence-corrected chi connectivity index (χ4v) is 3.12. The summed E-state index contributed by atoms with van der Waals surface area (Å²) in [5, 5.41) is 10.1. The topological polar surface area (TPSA) is 41.5 Å². The Balaban J connectivity index is 2.10. The predicted molar refractivity (Wildman–Crippen MR) is 105 cm³/mol. The van der Waals surface area contributed by atoms with Gasteiger partial charge in [0.2, 0.25) is 0 Å². The monoisotopic (exact) mass is 379 g/mol. The van der Waals surface area contributed by atoms with Gasteiger partial charge in [-0.3, -0.25) is 0 Å². The zero-order valence-corrected chi connectivity index (χ0v) is 15.8. The number of halogens is 2. The summed E-state index contributed by atoms with van der Waals surface area (Å²) in [6, 6.07) is 13.4. The molecule has 0 aliphatic heterocycles. The normalized spacial score (nSPS) is 11.6. The summed E-state index contributed by atoms with van der Waals surface area (Å²) in [4.78, 5) is 0. The smallest absolute Gasteiger partial charge is 0.120 e. The Labute approximate surface area is 159 Å². The molecule has 25 heavy (non-hydrogen) atoms. The standard InChI is InChI=1S/C20H23Cl2NO2/c1-2-3-5-16(8-9-23-24)17-6-4-7-20(12-17)25-14-15-10-18(21)13-19(22)11-15/h4,6-8,10-13,23-24H,2-3,5,9,14H2,1H3/b16-8+. The van der Waals surface area contributed by atoms with Gasteiger partial charge in [-0.05, 0) is 59.9 Å². The Bertz CT molecular complexity index is 696. The van der Waals surface area contributed by atoms with E-state index in [1.165, 1.54) is 5.57 Å². The van der Waals surface area contributed by atoms with E-state index < -0.39 is 0 Å². The van der Waals surface area contributed by atoms with Crippen molar-refractivity contribution in [3.63, 3.8) is 0 Å². The largest absolute Gasteiger partial charge is 0.489 e. The van der Waals surface area contributed by atoms with Gasteiger partial charge in [0.25, 0.3) is 0 Å². The molecule has 0 aliphatic carbocycles. The number of ether oxygens (including phenoxy) is 1. The second kappa shape index (κ2) is 10.5. The summed E-state index contributed by atoms with van der Waals surface area (Å²) >= 11 is 12.0. The van der Waals surface area contributed by atoms with Crippen LogP contribution in [-0.2, 0) is 6.61 Å². The predicted octanol–water partition coefficient (Wildman–Crippen LogP) is 6.12. The third-order valence-corrected chi connectivity index (χ3v) is 4.21. The number of unbranched alkanes of at least 4 members (excludes halogenated alkanes) is 1. The Morgan fingerprint density at radius 2 is 1.92 bits per heavy atom. The van der Waals surface area contributed by atoms with E-state index in [4.69, 9.17) is 33.1 Å². The lowest BCUT2D eigenvalue weighted by Crippen LogP contribution is -2.06. The van der Waals surface area contributed by atoms with Gasteiger partial charge in [0.15, 0.2) is 0 Å². The molecule has 0 bridgehead atoms. The van der Waals surface area contributed by atoms with Crippen LogP contribution in [0, 0.1) is 0 Å². The van der Waals surface area contributed by atoms with Crippen molar-refractivity contribution in [1.82, 2.24) is 5.48 Å². The van der Waals surface area contributed by atoms with E-state index in [1.54, 1.807) is 6.07 Å². The van der Waals surface area contributed by atoms with Crippen LogP contribution < -0.4 is 10.2 Å². The highest BCUT2D eigenvalue weighted by Crippen LogP contribution is 2.26. The minimum Gasteiger partial charge on any atom is -0.489 e. The summed E-state index contributed by atoms with van der Waals surface area (Å²) in [6.45, 7) is 2.98. The van der Waals surface area contributed by atoms with E-state index in [-0.39, 0.29) is 0 Å². The zero-order chi connectivity index (χ0) is 18.1. The third kappa shape index (κ3) is 6.71. The lowest BCUT2D eigenvalue weighted by atomic mass is 9.99. The number of hydroxylamine groups is 1. The van der Waals surface area contributed by atoms with Crippen LogP contribution in [0.3, 0.4) is 0 Å². The van der Waals surface area contributed by atoms with Crippen molar-refractivity contribution in [2.75, 3.05) is 6.54 Å². The highest BCUT2D eigenvalue weighted by atomic mass is 35.5. The molecule has 0 spiro atoms. The average Bonchev–Trinajstić information content (AvgIpc) is 2.59. The fourth-order valence-electron chi connectivity index (χ4n) is 2.55. The van der Waals surface area contributed by atoms with Crippen molar-refractivity contribution in [2.45, 2.75) is 32.8 Å². The van der Waals surface area contributed by atoms with Gasteiger partial charge in [0.1, 0.15) is 12.4 Å². The molecule has 0 heterocycles. The van der Waals surface area contributed by atoms with Gasteiger partial charge in [-0.2, -0.15) is 0 Å². The number of hydrogen-bond donors (Lipinski definition) is 2. The van der Waals surface area contributed by atoms with Gasteiger partial charge in [0.05, 0.1) is 0 Å². The van der Waals surface area contributed by atoms with E-state index in [0.717, 1.165) is 36.1 Å². The SMILES string of the molecule is CCCC/C(=C\CNO)c1cccc(OCc2cc(Cl)cc(Cl)c2)c1. The van der Waals surface area contributed by atoms with Gasteiger partial charge in [-0.25, -0.2) is 5.48 Å². The van der Waals surface area contributed by atoms with Crippen LogP contribution in [0.25, 0.3) is 5.57 Å². The lowest BCUT2D eigenvalue weighted by Gasteiger charge is -2.11. The Morgan fingerprint density at radius 1 is 1.16 bits per heavy atom. The molecular formula is C20H23Cl2NO2. The molecule has 0 aliphatic rings. The van der Waals surface area contributed by atoms with Crippen molar-refractivity contribution in [2.24, 2.45) is 0 Å². The highest BCUT2D eigenvalue weighted by Gasteiger charge is 2.05. The molecule has 0 aromatic heterocycles. The summed E-state index contributed by atoms with van der Waals surface area (Å²) < 4.78 is 5.89. The van der Waals surface area contributed by atoms with E-state index in [2.05, 4.69) is 18.5 Å². The Kier molecular flexibility index (Phi) is 8.29. The van der Waals surface area contributed by atoms with Crippen molar-refractivity contribution in [3.05, 3.63) is 69.7 Å². The molecule has 0 saturated heterocycles. The van der Waals surface area contributed by atoms with Crippen LogP contribution in [0.4, 0.5) is 0 Å². The summed E-state index contributed by atoms with van der Waals surface area (Å²) in [7, 11) is 0. The molecular weight excluding hydrogens is 357 g/mol. The molecule has 2 N–H and O–H groups in total. The molecule has 0 amide bonds. The second-order valence-corrected chi connectivity index (χ2v) is 6.66. The van der Waals surface area contributed by atoms with Crippen LogP contribution in [0.15, 0.2) is 48.5 Å². The maximum Gasteiger partial charge on any atom is 0.120 e. The summed E-state index contributed by atoms with van der Waals surface area (Å²) in [6.07, 6.45) is 5.19. The van der Waals surface area contributed by atoms with Crippen LogP contribution >= 0.6 is 23.2 Å². The first-order chi connectivity index (χ1) is 12.1. The third-order valence-electron chi connectivity index (χ3n) is 3.77. The molecule has 2 aromatic rings. The lowest BCUT2D eigenvalue weighted by molar-refractivity contribution is 0.179. The van der Waals surface area contributed by atoms with E-state index in [9.17, 15) is 0 Å². The molecule has 0 fully saturated rings. The zero-order valence-electron chi connectivity index (χ0n) is 14.3. The molecule has 0 atom stereocenters. The van der Waals surface area contributed by atoms with Gasteiger partial charge >= 0.3 is 0 Å². The molecule has 2 rings (SSSR count). The number of benzene rings is 2. The number of hydrogen-bond acceptors (Lipinski definition) is 3. The van der Waals surface area contributed by atoms with Crippen LogP contribution in [-0.4, -0.2) is 11.8 Å². The van der Waals surface area contributed by atoms with Gasteiger partial charge < -0.3 is 9.94 Å². The van der Waals surface area contributed by atoms with E-state index >= 15 is 0 Å². The minimum absolute atomic E-state index is 0.399. The quantitative estimate of drug-likeness (QED) is 0.515. The molecule has 134 valence electrons. The number of nitrogens with one attached hydrogen (secondary N) is 1. The van der Waals surface area contributed by atoms with Crippen molar-refractivity contribution in [1.29, 1.82) is 0 Å². The molecule has 0 radical (unpaired) electrons. The van der Waals surface area contributed by atoms with Gasteiger partial charge in [-0.15, -0.1) is 0 Å². The minimum atomic E-state index is 0.399. The van der Waals surface area contributed by atoms with Crippen LogP contribution in [0.2, 0.25) is 10.0 Å². The van der Waals surface area contributed by atoms with Crippen molar-refractivity contribution < 1.29 is 9.94 Å². The number of rotatable bonds is 9. The highest BCUT2D eigenvalue weighted by molar-refractivity contribution is 6.34. The summed E-state index contributed by atoms with van der Waals surface area (Å²) in [5.41, 5.74) is 5.40. The molecule has 5 heteroatoms. The molecule has 0 saturated carbocycles. The van der Waals surface area contributed by atoms with Crippen molar-refractivity contribution in [3.8, 4) is 5.75 Å². The first-order valence-electron chi connectivity index (χ1n) is 8.36. The Hall–Kier alpha value is -1.52. The Morgan fingerprint density at radius 3 is 2.60 bits per heavy atom. The van der Waals surface area contributed by atoms with Crippen molar-refractivity contribution >= 4 is 28.8 Å². The molecule has 0 unspecified atom stereocenters. The molecule has 3 nitrogen and oxygen atoms in total. The van der Waals surface area contributed by atoms with Crippen LogP contribution in [0.5, 0.6) is 5.75 Å². The second-order valence-electron chi connectivity index (χ2n) is 5.79. The maximum atomic E-state index is 8.86. The first kappa shape index (κ1) is 19.8. The summed E-state index contributed by atoms with van der Waals surface area (Å²) in [5.74, 6) is 0.785. The average molecular weight is 380 g/mol. The van der Waals surface area contributed by atoms with E-state index in [1.807, 2.05) is 36.4 Å². The molecule has 2 aromatic carbocycles. The maximum absolute atomic E-state index is 8.86. The van der Waals surface area contributed by atoms with Gasteiger partial charge in [-0.1, -0.05) is 54.8 Å². The van der Waals surface area contributed by atoms with E-state index in [0.29, 0.717) is 23.2 Å². The fraction of sp³-hybridized carbons (Fsp3) is 0.300. The number of allylic oxidation sites excluding steroid dienone is 1. The van der Waals surface area contributed by atoms with Gasteiger partial charge in [0, 0.05) is 16.6 Å².